The molecular weight excluding hydrogens is 232 g/mol. The number of hydrogen-bond donors (Lipinski definition) is 1. The highest BCUT2D eigenvalue weighted by molar-refractivity contribution is 5.29. The van der Waals surface area contributed by atoms with Crippen molar-refractivity contribution in [3.63, 3.8) is 0 Å². The minimum atomic E-state index is 0.135. The van der Waals surface area contributed by atoms with Crippen LogP contribution in [0.15, 0.2) is 42.6 Å². The van der Waals surface area contributed by atoms with Crippen molar-refractivity contribution in [3.8, 4) is 0 Å². The molecule has 1 atom stereocenters. The van der Waals surface area contributed by atoms with Crippen LogP contribution in [0.5, 0.6) is 0 Å². The third-order valence-electron chi connectivity index (χ3n) is 3.50. The average molecular weight is 254 g/mol. The first kappa shape index (κ1) is 13.8. The molecule has 2 rings (SSSR count). The summed E-state index contributed by atoms with van der Waals surface area (Å²) in [4.78, 5) is 4.51. The highest BCUT2D eigenvalue weighted by Crippen LogP contribution is 2.17. The van der Waals surface area contributed by atoms with Gasteiger partial charge in [-0.3, -0.25) is 4.98 Å². The maximum absolute atomic E-state index is 6.08. The largest absolute Gasteiger partial charge is 0.324 e. The first-order chi connectivity index (χ1) is 9.22. The van der Waals surface area contributed by atoms with Crippen LogP contribution in [-0.4, -0.2) is 4.98 Å². The van der Waals surface area contributed by atoms with Crippen molar-refractivity contribution < 1.29 is 0 Å². The molecule has 0 saturated heterocycles. The van der Waals surface area contributed by atoms with Crippen molar-refractivity contribution in [2.45, 2.75) is 39.2 Å². The lowest BCUT2D eigenvalue weighted by Gasteiger charge is -2.11. The van der Waals surface area contributed by atoms with E-state index in [0.717, 1.165) is 25.0 Å². The fourth-order valence-electron chi connectivity index (χ4n) is 2.15. The van der Waals surface area contributed by atoms with E-state index in [1.165, 1.54) is 16.7 Å². The zero-order valence-corrected chi connectivity index (χ0v) is 11.8. The van der Waals surface area contributed by atoms with Crippen molar-refractivity contribution in [1.29, 1.82) is 0 Å². The normalized spacial score (nSPS) is 12.4. The van der Waals surface area contributed by atoms with Crippen LogP contribution >= 0.6 is 0 Å². The molecule has 0 radical (unpaired) electrons. The van der Waals surface area contributed by atoms with Gasteiger partial charge in [-0.15, -0.1) is 0 Å². The minimum absolute atomic E-state index is 0.135. The number of aromatic nitrogens is 1. The van der Waals surface area contributed by atoms with Gasteiger partial charge in [-0.05, 0) is 35.6 Å². The first-order valence-electron chi connectivity index (χ1n) is 7.01. The standard InChI is InChI=1S/C17H22N2/c1-3-13-8-9-16(19-12-13)11-14-6-5-7-15(10-14)17(18)4-2/h5-10,12,17H,3-4,11,18H2,1-2H3. The van der Waals surface area contributed by atoms with Crippen LogP contribution in [0, 0.1) is 0 Å². The Morgan fingerprint density at radius 2 is 1.95 bits per heavy atom. The maximum atomic E-state index is 6.08. The van der Waals surface area contributed by atoms with E-state index in [1.54, 1.807) is 0 Å². The van der Waals surface area contributed by atoms with E-state index >= 15 is 0 Å². The van der Waals surface area contributed by atoms with Crippen molar-refractivity contribution in [2.24, 2.45) is 5.73 Å². The molecule has 0 amide bonds. The molecule has 1 heterocycles. The Balaban J connectivity index is 2.13. The van der Waals surface area contributed by atoms with Crippen LogP contribution in [-0.2, 0) is 12.8 Å². The number of benzene rings is 1. The molecule has 1 aromatic heterocycles. The SMILES string of the molecule is CCc1ccc(Cc2cccc(C(N)CC)c2)nc1. The third kappa shape index (κ3) is 3.65. The monoisotopic (exact) mass is 254 g/mol. The van der Waals surface area contributed by atoms with E-state index in [9.17, 15) is 0 Å². The van der Waals surface area contributed by atoms with E-state index in [1.807, 2.05) is 6.20 Å². The Bertz CT molecular complexity index is 517. The van der Waals surface area contributed by atoms with E-state index in [2.05, 4.69) is 55.2 Å². The number of nitrogens with two attached hydrogens (primary N) is 1. The molecule has 1 aromatic carbocycles. The van der Waals surface area contributed by atoms with E-state index in [-0.39, 0.29) is 6.04 Å². The van der Waals surface area contributed by atoms with Crippen LogP contribution in [0.25, 0.3) is 0 Å². The molecule has 2 heteroatoms. The van der Waals surface area contributed by atoms with E-state index in [0.29, 0.717) is 0 Å². The summed E-state index contributed by atoms with van der Waals surface area (Å²) in [6, 6.07) is 12.9. The summed E-state index contributed by atoms with van der Waals surface area (Å²) in [5.74, 6) is 0. The van der Waals surface area contributed by atoms with Gasteiger partial charge in [0.1, 0.15) is 0 Å². The Kier molecular flexibility index (Phi) is 4.69. The van der Waals surface area contributed by atoms with Gasteiger partial charge in [-0.25, -0.2) is 0 Å². The Morgan fingerprint density at radius 3 is 2.58 bits per heavy atom. The van der Waals surface area contributed by atoms with Crippen LogP contribution in [0.3, 0.4) is 0 Å². The quantitative estimate of drug-likeness (QED) is 0.884. The fourth-order valence-corrected chi connectivity index (χ4v) is 2.15. The second kappa shape index (κ2) is 6.48. The van der Waals surface area contributed by atoms with Crippen molar-refractivity contribution in [3.05, 3.63) is 65.0 Å². The molecule has 0 fully saturated rings. The molecule has 0 saturated carbocycles. The van der Waals surface area contributed by atoms with E-state index in [4.69, 9.17) is 5.73 Å². The third-order valence-corrected chi connectivity index (χ3v) is 3.50. The zero-order chi connectivity index (χ0) is 13.7. The highest BCUT2D eigenvalue weighted by Gasteiger charge is 2.04. The summed E-state index contributed by atoms with van der Waals surface area (Å²) in [5.41, 5.74) is 11.0. The van der Waals surface area contributed by atoms with Gasteiger partial charge in [0.25, 0.3) is 0 Å². The van der Waals surface area contributed by atoms with E-state index < -0.39 is 0 Å². The van der Waals surface area contributed by atoms with Crippen molar-refractivity contribution in [1.82, 2.24) is 4.98 Å². The zero-order valence-electron chi connectivity index (χ0n) is 11.8. The van der Waals surface area contributed by atoms with Gasteiger partial charge in [0.2, 0.25) is 0 Å². The molecule has 2 N–H and O–H groups in total. The smallest absolute Gasteiger partial charge is 0.0447 e. The lowest BCUT2D eigenvalue weighted by Crippen LogP contribution is -2.08. The van der Waals surface area contributed by atoms with Crippen molar-refractivity contribution in [2.75, 3.05) is 0 Å². The molecule has 0 aliphatic rings. The Labute approximate surface area is 115 Å². The summed E-state index contributed by atoms with van der Waals surface area (Å²) in [6.45, 7) is 4.26. The second-order valence-electron chi connectivity index (χ2n) is 4.95. The number of pyridine rings is 1. The summed E-state index contributed by atoms with van der Waals surface area (Å²) in [7, 11) is 0. The molecule has 19 heavy (non-hydrogen) atoms. The van der Waals surface area contributed by atoms with Gasteiger partial charge in [-0.2, -0.15) is 0 Å². The first-order valence-corrected chi connectivity index (χ1v) is 7.01. The summed E-state index contributed by atoms with van der Waals surface area (Å²) in [5, 5.41) is 0. The summed E-state index contributed by atoms with van der Waals surface area (Å²) >= 11 is 0. The van der Waals surface area contributed by atoms with Crippen LogP contribution in [0.1, 0.15) is 48.7 Å². The lowest BCUT2D eigenvalue weighted by atomic mass is 10.0. The Hall–Kier alpha value is -1.67. The number of nitrogens with zero attached hydrogens (tertiary/aromatic N) is 1. The summed E-state index contributed by atoms with van der Waals surface area (Å²) in [6.07, 6.45) is 4.84. The summed E-state index contributed by atoms with van der Waals surface area (Å²) < 4.78 is 0. The number of rotatable bonds is 5. The predicted molar refractivity (Wildman–Crippen MR) is 80.1 cm³/mol. The van der Waals surface area contributed by atoms with Crippen LogP contribution in [0.2, 0.25) is 0 Å². The molecule has 2 aromatic rings. The molecule has 0 bridgehead atoms. The molecule has 0 spiro atoms. The number of hydrogen-bond acceptors (Lipinski definition) is 2. The fraction of sp³-hybridized carbons (Fsp3) is 0.353. The van der Waals surface area contributed by atoms with Crippen LogP contribution in [0.4, 0.5) is 0 Å². The molecule has 0 aliphatic heterocycles. The minimum Gasteiger partial charge on any atom is -0.324 e. The van der Waals surface area contributed by atoms with Crippen LogP contribution < -0.4 is 5.73 Å². The molecular formula is C17H22N2. The molecule has 2 nitrogen and oxygen atoms in total. The Morgan fingerprint density at radius 1 is 1.11 bits per heavy atom. The van der Waals surface area contributed by atoms with Gasteiger partial charge in [0, 0.05) is 24.4 Å². The maximum Gasteiger partial charge on any atom is 0.0447 e. The highest BCUT2D eigenvalue weighted by atomic mass is 14.7. The van der Waals surface area contributed by atoms with Gasteiger partial charge >= 0.3 is 0 Å². The average Bonchev–Trinajstić information content (AvgIpc) is 2.47. The van der Waals surface area contributed by atoms with Crippen molar-refractivity contribution >= 4 is 0 Å². The lowest BCUT2D eigenvalue weighted by molar-refractivity contribution is 0.697. The number of aryl methyl sites for hydroxylation is 1. The van der Waals surface area contributed by atoms with Gasteiger partial charge in [0.15, 0.2) is 0 Å². The molecule has 0 aliphatic carbocycles. The molecule has 1 unspecified atom stereocenters. The van der Waals surface area contributed by atoms with Gasteiger partial charge < -0.3 is 5.73 Å². The topological polar surface area (TPSA) is 38.9 Å². The second-order valence-corrected chi connectivity index (χ2v) is 4.95. The predicted octanol–water partition coefficient (Wildman–Crippen LogP) is 3.64. The molecule has 100 valence electrons. The van der Waals surface area contributed by atoms with Gasteiger partial charge in [-0.1, -0.05) is 44.2 Å². The van der Waals surface area contributed by atoms with Gasteiger partial charge in [0.05, 0.1) is 0 Å².